The van der Waals surface area contributed by atoms with Crippen LogP contribution < -0.4 is 5.73 Å². The number of esters is 2. The number of nitrogens with two attached hydrogens (primary N) is 1. The van der Waals surface area contributed by atoms with E-state index >= 15 is 0 Å². The van der Waals surface area contributed by atoms with E-state index in [9.17, 15) is 9.59 Å². The molecule has 0 aromatic carbocycles. The molecule has 0 amide bonds. The summed E-state index contributed by atoms with van der Waals surface area (Å²) in [5, 5.41) is 0. The summed E-state index contributed by atoms with van der Waals surface area (Å²) >= 11 is 3.74. The van der Waals surface area contributed by atoms with E-state index in [4.69, 9.17) is 5.73 Å². The molecule has 0 aliphatic heterocycles. The van der Waals surface area contributed by atoms with Gasteiger partial charge in [-0.15, -0.1) is 0 Å². The van der Waals surface area contributed by atoms with Gasteiger partial charge in [0.2, 0.25) is 0 Å². The zero-order valence-electron chi connectivity index (χ0n) is 10.0. The molecule has 0 aliphatic carbocycles. The maximum atomic E-state index is 11.3. The number of rotatable bonds is 5. The molecule has 0 aromatic rings. The van der Waals surface area contributed by atoms with E-state index in [0.29, 0.717) is 11.3 Å². The summed E-state index contributed by atoms with van der Waals surface area (Å²) in [6.07, 6.45) is 0.341. The first-order valence-corrected chi connectivity index (χ1v) is 5.20. The quantitative estimate of drug-likeness (QED) is 0.327. The summed E-state index contributed by atoms with van der Waals surface area (Å²) in [5.41, 5.74) is 6.42. The fourth-order valence-electron chi connectivity index (χ4n) is 1.13. The third-order valence-corrected chi connectivity index (χ3v) is 2.42. The van der Waals surface area contributed by atoms with Crippen molar-refractivity contribution in [2.24, 2.45) is 10.1 Å². The molecule has 17 heavy (non-hydrogen) atoms. The molecule has 0 radical (unpaired) electrons. The predicted molar refractivity (Wildman–Crippen MR) is 66.6 cm³/mol. The molecule has 7 heteroatoms. The van der Waals surface area contributed by atoms with Gasteiger partial charge in [0.15, 0.2) is 0 Å². The smallest absolute Gasteiger partial charge is 0.354 e. The molecule has 0 unspecified atom stereocenters. The second kappa shape index (κ2) is 7.72. The highest BCUT2D eigenvalue weighted by Crippen LogP contribution is 2.13. The largest absolute Gasteiger partial charge is 0.469 e. The van der Waals surface area contributed by atoms with Gasteiger partial charge in [-0.3, -0.25) is 4.79 Å². The number of methoxy groups -OCH3 is 2. The zero-order chi connectivity index (χ0) is 13.4. The van der Waals surface area contributed by atoms with Crippen LogP contribution in [0.4, 0.5) is 0 Å². The van der Waals surface area contributed by atoms with E-state index < -0.39 is 11.9 Å². The van der Waals surface area contributed by atoms with Crippen molar-refractivity contribution in [3.05, 3.63) is 11.3 Å². The van der Waals surface area contributed by atoms with Gasteiger partial charge in [0.1, 0.15) is 5.70 Å². The highest BCUT2D eigenvalue weighted by atomic mass is 32.1. The molecule has 6 nitrogen and oxygen atoms in total. The Morgan fingerprint density at radius 2 is 1.82 bits per heavy atom. The minimum atomic E-state index is -0.666. The van der Waals surface area contributed by atoms with Crippen molar-refractivity contribution < 1.29 is 19.1 Å². The SMILES string of the molecule is COC(=O)CCC(=C(/N)C(=O)OC)/C(C)=N/S. The number of nitrogens with zero attached hydrogens (tertiary/aromatic N) is 1. The van der Waals surface area contributed by atoms with Gasteiger partial charge in [0, 0.05) is 12.0 Å². The lowest BCUT2D eigenvalue weighted by Gasteiger charge is -2.09. The maximum Gasteiger partial charge on any atom is 0.354 e. The Morgan fingerprint density at radius 1 is 1.24 bits per heavy atom. The molecule has 0 rings (SSSR count). The van der Waals surface area contributed by atoms with Gasteiger partial charge in [-0.2, -0.15) is 0 Å². The van der Waals surface area contributed by atoms with Crippen LogP contribution in [0.5, 0.6) is 0 Å². The molecule has 0 fully saturated rings. The Labute approximate surface area is 105 Å². The summed E-state index contributed by atoms with van der Waals surface area (Å²) in [4.78, 5) is 22.3. The maximum absolute atomic E-state index is 11.3. The Hall–Kier alpha value is -1.50. The molecule has 0 heterocycles. The van der Waals surface area contributed by atoms with Crippen molar-refractivity contribution in [1.82, 2.24) is 0 Å². The summed E-state index contributed by atoms with van der Waals surface area (Å²) in [5.74, 6) is -1.06. The monoisotopic (exact) mass is 260 g/mol. The molecule has 0 spiro atoms. The summed E-state index contributed by atoms with van der Waals surface area (Å²) in [7, 11) is 2.51. The number of ether oxygens (including phenoxy) is 2. The Kier molecular flexibility index (Phi) is 7.04. The Bertz CT molecular complexity index is 363. The molecule has 0 bridgehead atoms. The summed E-state index contributed by atoms with van der Waals surface area (Å²) < 4.78 is 12.6. The van der Waals surface area contributed by atoms with E-state index in [1.165, 1.54) is 14.2 Å². The number of allylic oxidation sites excluding steroid dienone is 1. The molecule has 2 N–H and O–H groups in total. The predicted octanol–water partition coefficient (Wildman–Crippen LogP) is 0.631. The molecule has 0 aromatic heterocycles. The van der Waals surface area contributed by atoms with Crippen LogP contribution >= 0.6 is 12.8 Å². The first-order chi connectivity index (χ1) is 7.97. The van der Waals surface area contributed by atoms with Crippen molar-refractivity contribution in [2.45, 2.75) is 19.8 Å². The van der Waals surface area contributed by atoms with Gasteiger partial charge in [-0.25, -0.2) is 9.19 Å². The minimum absolute atomic E-state index is 0.0771. The van der Waals surface area contributed by atoms with Gasteiger partial charge in [0.05, 0.1) is 19.9 Å². The summed E-state index contributed by atoms with van der Waals surface area (Å²) in [6, 6.07) is 0. The first-order valence-electron chi connectivity index (χ1n) is 4.80. The second-order valence-corrected chi connectivity index (χ2v) is 3.35. The summed E-state index contributed by atoms with van der Waals surface area (Å²) in [6.45, 7) is 1.63. The molecule has 0 saturated heterocycles. The van der Waals surface area contributed by atoms with Crippen molar-refractivity contribution in [2.75, 3.05) is 14.2 Å². The minimum Gasteiger partial charge on any atom is -0.469 e. The van der Waals surface area contributed by atoms with Crippen LogP contribution in [0.3, 0.4) is 0 Å². The van der Waals surface area contributed by atoms with Crippen LogP contribution in [-0.2, 0) is 19.1 Å². The van der Waals surface area contributed by atoms with Crippen LogP contribution in [-0.4, -0.2) is 31.9 Å². The molecular formula is C10H16N2O4S. The van der Waals surface area contributed by atoms with Crippen LogP contribution in [0, 0.1) is 0 Å². The molecule has 0 saturated carbocycles. The number of carbonyl (C=O) groups excluding carboxylic acids is 2. The third kappa shape index (κ3) is 4.90. The van der Waals surface area contributed by atoms with E-state index in [0.717, 1.165) is 0 Å². The molecule has 0 aliphatic rings. The average molecular weight is 260 g/mol. The molecule has 96 valence electrons. The first kappa shape index (κ1) is 15.5. The van der Waals surface area contributed by atoms with Gasteiger partial charge in [-0.05, 0) is 26.2 Å². The third-order valence-electron chi connectivity index (χ3n) is 2.12. The van der Waals surface area contributed by atoms with Crippen LogP contribution in [0.2, 0.25) is 0 Å². The van der Waals surface area contributed by atoms with E-state index in [2.05, 4.69) is 26.7 Å². The second-order valence-electron chi connectivity index (χ2n) is 3.15. The normalized spacial score (nSPS) is 12.8. The number of thiol groups is 1. The van der Waals surface area contributed by atoms with E-state index in [-0.39, 0.29) is 18.5 Å². The van der Waals surface area contributed by atoms with Gasteiger partial charge in [0.25, 0.3) is 0 Å². The fraction of sp³-hybridized carbons (Fsp3) is 0.500. The molecular weight excluding hydrogens is 244 g/mol. The van der Waals surface area contributed by atoms with E-state index in [1.807, 2.05) is 0 Å². The standard InChI is InChI=1S/C10H16N2O4S/c1-6(12-17)7(4-5-8(13)15-2)9(11)10(14)16-3/h17H,4-5,11H2,1-3H3/b9-7-,12-6+. The van der Waals surface area contributed by atoms with Crippen LogP contribution in [0.25, 0.3) is 0 Å². The highest BCUT2D eigenvalue weighted by Gasteiger charge is 2.16. The molecule has 0 atom stereocenters. The lowest BCUT2D eigenvalue weighted by atomic mass is 10.0. The van der Waals surface area contributed by atoms with Gasteiger partial charge in [-0.1, -0.05) is 0 Å². The van der Waals surface area contributed by atoms with Gasteiger partial charge >= 0.3 is 11.9 Å². The average Bonchev–Trinajstić information content (AvgIpc) is 2.36. The fourth-order valence-corrected chi connectivity index (χ4v) is 1.25. The lowest BCUT2D eigenvalue weighted by molar-refractivity contribution is -0.140. The van der Waals surface area contributed by atoms with Crippen molar-refractivity contribution in [1.29, 1.82) is 0 Å². The van der Waals surface area contributed by atoms with Crippen LogP contribution in [0.1, 0.15) is 19.8 Å². The highest BCUT2D eigenvalue weighted by molar-refractivity contribution is 7.79. The van der Waals surface area contributed by atoms with Crippen LogP contribution in [0.15, 0.2) is 15.7 Å². The lowest BCUT2D eigenvalue weighted by Crippen LogP contribution is -2.19. The van der Waals surface area contributed by atoms with E-state index in [1.54, 1.807) is 6.92 Å². The van der Waals surface area contributed by atoms with Gasteiger partial charge < -0.3 is 15.2 Å². The number of hydrogen-bond donors (Lipinski definition) is 2. The van der Waals surface area contributed by atoms with Crippen molar-refractivity contribution in [3.8, 4) is 0 Å². The van der Waals surface area contributed by atoms with Crippen molar-refractivity contribution >= 4 is 30.5 Å². The van der Waals surface area contributed by atoms with Crippen molar-refractivity contribution in [3.63, 3.8) is 0 Å². The Morgan fingerprint density at radius 3 is 2.24 bits per heavy atom. The zero-order valence-corrected chi connectivity index (χ0v) is 10.9. The Balaban J connectivity index is 5.02. The topological polar surface area (TPSA) is 91.0 Å². The number of hydrogen-bond acceptors (Lipinski definition) is 7. The number of carbonyl (C=O) groups is 2.